The number of rotatable bonds is 2. The Morgan fingerprint density at radius 3 is 2.74 bits per heavy atom. The average Bonchev–Trinajstić information content (AvgIpc) is 2.53. The van der Waals surface area contributed by atoms with Crippen molar-refractivity contribution in [3.05, 3.63) is 71.0 Å². The molecule has 0 radical (unpaired) electrons. The van der Waals surface area contributed by atoms with Gasteiger partial charge >= 0.3 is 12.1 Å². The van der Waals surface area contributed by atoms with E-state index >= 15 is 0 Å². The highest BCUT2D eigenvalue weighted by atomic mass is 19.3. The van der Waals surface area contributed by atoms with E-state index in [-0.39, 0.29) is 18.7 Å². The van der Waals surface area contributed by atoms with Crippen molar-refractivity contribution >= 4 is 6.09 Å². The Morgan fingerprint density at radius 2 is 1.96 bits per heavy atom. The zero-order valence-corrected chi connectivity index (χ0v) is 12.1. The minimum atomic E-state index is -3.42. The second kappa shape index (κ2) is 5.95. The molecule has 2 aromatic rings. The fraction of sp³-hybridized carbons (Fsp3) is 0.235. The molecule has 1 aliphatic rings. The van der Waals surface area contributed by atoms with Gasteiger partial charge in [-0.15, -0.1) is 0 Å². The lowest BCUT2D eigenvalue weighted by Gasteiger charge is -2.35. The van der Waals surface area contributed by atoms with Gasteiger partial charge in [-0.1, -0.05) is 36.4 Å². The maximum absolute atomic E-state index is 14.5. The summed E-state index contributed by atoms with van der Waals surface area (Å²) >= 11 is 0. The van der Waals surface area contributed by atoms with Gasteiger partial charge in [-0.25, -0.2) is 14.1 Å². The number of carbonyl (C=O) groups is 1. The van der Waals surface area contributed by atoms with Crippen molar-refractivity contribution in [2.24, 2.45) is 0 Å². The lowest BCUT2D eigenvalue weighted by Crippen LogP contribution is -2.48. The van der Waals surface area contributed by atoms with Crippen LogP contribution < -0.4 is 0 Å². The number of hydrogen-bond donors (Lipinski definition) is 0. The maximum atomic E-state index is 14.5. The molecule has 0 saturated heterocycles. The molecule has 23 heavy (non-hydrogen) atoms. The summed E-state index contributed by atoms with van der Waals surface area (Å²) in [5.41, 5.74) is 0.736. The molecule has 1 amide bonds. The monoisotopic (exact) mass is 321 g/mol. The first-order valence-corrected chi connectivity index (χ1v) is 7.13. The van der Waals surface area contributed by atoms with Crippen LogP contribution in [-0.4, -0.2) is 17.5 Å². The standard InChI is InChI=1S/C17H14F3NO2/c18-14-6-3-4-12(10-14)11-23-16(22)21-9-8-13-5-1-2-7-15(13)17(21,19)20/h1-7,10H,8-9,11H2. The second-order valence-electron chi connectivity index (χ2n) is 5.28. The van der Waals surface area contributed by atoms with Crippen molar-refractivity contribution in [1.82, 2.24) is 4.90 Å². The summed E-state index contributed by atoms with van der Waals surface area (Å²) in [4.78, 5) is 12.4. The van der Waals surface area contributed by atoms with Crippen molar-refractivity contribution in [3.8, 4) is 0 Å². The number of carbonyl (C=O) groups excluding carboxylic acids is 1. The van der Waals surface area contributed by atoms with Gasteiger partial charge in [0.15, 0.2) is 0 Å². The highest BCUT2D eigenvalue weighted by molar-refractivity contribution is 5.69. The molecular formula is C17H14F3NO2. The Hall–Kier alpha value is -2.50. The summed E-state index contributed by atoms with van der Waals surface area (Å²) in [6.07, 6.45) is -0.783. The van der Waals surface area contributed by atoms with Crippen molar-refractivity contribution in [1.29, 1.82) is 0 Å². The molecule has 0 unspecified atom stereocenters. The first-order valence-electron chi connectivity index (χ1n) is 7.13. The van der Waals surface area contributed by atoms with E-state index in [1.807, 2.05) is 0 Å². The normalized spacial score (nSPS) is 15.9. The van der Waals surface area contributed by atoms with E-state index in [1.54, 1.807) is 18.2 Å². The molecule has 120 valence electrons. The molecule has 6 heteroatoms. The summed E-state index contributed by atoms with van der Waals surface area (Å²) in [5.74, 6) is -0.476. The van der Waals surface area contributed by atoms with E-state index in [1.165, 1.54) is 30.3 Å². The number of ether oxygens (including phenoxy) is 1. The smallest absolute Gasteiger partial charge is 0.415 e. The molecule has 3 nitrogen and oxygen atoms in total. The molecule has 0 fully saturated rings. The largest absolute Gasteiger partial charge is 0.444 e. The molecule has 0 bridgehead atoms. The molecule has 0 saturated carbocycles. The van der Waals surface area contributed by atoms with Gasteiger partial charge in [-0.3, -0.25) is 0 Å². The summed E-state index contributed by atoms with van der Waals surface area (Å²) in [5, 5.41) is 0. The first kappa shape index (κ1) is 15.4. The molecule has 1 aliphatic heterocycles. The average molecular weight is 321 g/mol. The fourth-order valence-corrected chi connectivity index (χ4v) is 2.61. The summed E-state index contributed by atoms with van der Waals surface area (Å²) in [7, 11) is 0. The van der Waals surface area contributed by atoms with Crippen LogP contribution in [0.25, 0.3) is 0 Å². The molecule has 3 rings (SSSR count). The molecule has 0 N–H and O–H groups in total. The van der Waals surface area contributed by atoms with Crippen LogP contribution in [0.1, 0.15) is 16.7 Å². The van der Waals surface area contributed by atoms with Crippen molar-refractivity contribution in [2.45, 2.75) is 19.1 Å². The van der Waals surface area contributed by atoms with E-state index in [0.717, 1.165) is 0 Å². The first-order chi connectivity index (χ1) is 11.0. The van der Waals surface area contributed by atoms with Gasteiger partial charge in [0.1, 0.15) is 12.4 Å². The predicted octanol–water partition coefficient (Wildman–Crippen LogP) is 4.07. The van der Waals surface area contributed by atoms with Gasteiger partial charge in [0.25, 0.3) is 0 Å². The van der Waals surface area contributed by atoms with Gasteiger partial charge < -0.3 is 4.74 Å². The van der Waals surface area contributed by atoms with Crippen LogP contribution in [-0.2, 0) is 23.8 Å². The number of alkyl halides is 2. The van der Waals surface area contributed by atoms with E-state index < -0.39 is 18.0 Å². The summed E-state index contributed by atoms with van der Waals surface area (Å²) < 4.78 is 46.9. The van der Waals surface area contributed by atoms with Gasteiger partial charge in [0.2, 0.25) is 0 Å². The van der Waals surface area contributed by atoms with Crippen molar-refractivity contribution < 1.29 is 22.7 Å². The minimum Gasteiger partial charge on any atom is -0.444 e. The maximum Gasteiger partial charge on any atom is 0.415 e. The molecule has 0 aromatic heterocycles. The second-order valence-corrected chi connectivity index (χ2v) is 5.28. The van der Waals surface area contributed by atoms with Gasteiger partial charge in [-0.05, 0) is 29.7 Å². The lowest BCUT2D eigenvalue weighted by atomic mass is 9.98. The summed E-state index contributed by atoms with van der Waals surface area (Å²) in [6.45, 7) is -0.392. The van der Waals surface area contributed by atoms with E-state index in [4.69, 9.17) is 4.74 Å². The molecule has 0 atom stereocenters. The Bertz CT molecular complexity index is 733. The highest BCUT2D eigenvalue weighted by Gasteiger charge is 2.47. The number of fused-ring (bicyclic) bond motifs is 1. The Balaban J connectivity index is 1.73. The Labute approximate surface area is 131 Å². The zero-order valence-electron chi connectivity index (χ0n) is 12.1. The van der Waals surface area contributed by atoms with Gasteiger partial charge in [0.05, 0.1) is 0 Å². The van der Waals surface area contributed by atoms with E-state index in [2.05, 4.69) is 0 Å². The molecule has 0 aliphatic carbocycles. The number of halogens is 3. The van der Waals surface area contributed by atoms with Crippen molar-refractivity contribution in [2.75, 3.05) is 6.54 Å². The van der Waals surface area contributed by atoms with Crippen LogP contribution >= 0.6 is 0 Å². The third-order valence-electron chi connectivity index (χ3n) is 3.76. The molecule has 1 heterocycles. The summed E-state index contributed by atoms with van der Waals surface area (Å²) in [6, 6.07) is 8.16. The third kappa shape index (κ3) is 3.02. The number of nitrogens with zero attached hydrogens (tertiary/aromatic N) is 1. The van der Waals surface area contributed by atoms with E-state index in [0.29, 0.717) is 22.4 Å². The van der Waals surface area contributed by atoms with Crippen LogP contribution in [0.3, 0.4) is 0 Å². The van der Waals surface area contributed by atoms with Crippen molar-refractivity contribution in [3.63, 3.8) is 0 Å². The van der Waals surface area contributed by atoms with Crippen LogP contribution in [0.15, 0.2) is 48.5 Å². The topological polar surface area (TPSA) is 29.5 Å². The number of hydrogen-bond acceptors (Lipinski definition) is 2. The Kier molecular flexibility index (Phi) is 3.98. The fourth-order valence-electron chi connectivity index (χ4n) is 2.61. The zero-order chi connectivity index (χ0) is 16.4. The van der Waals surface area contributed by atoms with Crippen LogP contribution in [0.5, 0.6) is 0 Å². The van der Waals surface area contributed by atoms with Gasteiger partial charge in [0, 0.05) is 12.1 Å². The number of amides is 1. The van der Waals surface area contributed by atoms with Crippen LogP contribution in [0.2, 0.25) is 0 Å². The molecule has 0 spiro atoms. The quantitative estimate of drug-likeness (QED) is 0.780. The van der Waals surface area contributed by atoms with Gasteiger partial charge in [-0.2, -0.15) is 8.78 Å². The van der Waals surface area contributed by atoms with E-state index in [9.17, 15) is 18.0 Å². The predicted molar refractivity (Wildman–Crippen MR) is 77.3 cm³/mol. The molecular weight excluding hydrogens is 307 g/mol. The van der Waals surface area contributed by atoms with Crippen LogP contribution in [0.4, 0.5) is 18.0 Å². The number of benzene rings is 2. The SMILES string of the molecule is O=C(OCc1cccc(F)c1)N1CCc2ccccc2C1(F)F. The lowest BCUT2D eigenvalue weighted by molar-refractivity contribution is -0.146. The highest BCUT2D eigenvalue weighted by Crippen LogP contribution is 2.38. The third-order valence-corrected chi connectivity index (χ3v) is 3.76. The van der Waals surface area contributed by atoms with Crippen LogP contribution in [0, 0.1) is 5.82 Å². The Morgan fingerprint density at radius 1 is 1.17 bits per heavy atom. The minimum absolute atomic E-state index is 0.133. The molecule has 2 aromatic carbocycles.